The van der Waals surface area contributed by atoms with Gasteiger partial charge in [-0.2, -0.15) is 17.9 Å². The number of carboxylic acids is 1. The minimum Gasteiger partial charge on any atom is -0.480 e. The Morgan fingerprint density at radius 1 is 1.29 bits per heavy atom. The minimum atomic E-state index is -4.58. The van der Waals surface area contributed by atoms with Crippen LogP contribution in [0.1, 0.15) is 0 Å². The van der Waals surface area contributed by atoms with Gasteiger partial charge in [0.2, 0.25) is 0 Å². The summed E-state index contributed by atoms with van der Waals surface area (Å²) in [4.78, 5) is 11.3. The van der Waals surface area contributed by atoms with E-state index in [1.54, 1.807) is 30.3 Å². The number of hydrogen-bond acceptors (Lipinski definition) is 5. The van der Waals surface area contributed by atoms with Crippen LogP contribution in [0.15, 0.2) is 30.3 Å². The van der Waals surface area contributed by atoms with E-state index in [-0.39, 0.29) is 5.95 Å². The third-order valence-corrected chi connectivity index (χ3v) is 2.43. The van der Waals surface area contributed by atoms with Crippen LogP contribution in [-0.2, 0) is 4.79 Å². The monoisotopic (exact) mass is 301 g/mol. The summed E-state index contributed by atoms with van der Waals surface area (Å²) < 4.78 is 38.8. The number of benzene rings is 1. The van der Waals surface area contributed by atoms with E-state index in [0.29, 0.717) is 10.6 Å². The number of halogens is 3. The lowest BCUT2D eigenvalue weighted by Gasteiger charge is -2.22. The Balaban J connectivity index is 2.37. The molecule has 0 aliphatic rings. The summed E-state index contributed by atoms with van der Waals surface area (Å²) in [5.41, 5.74) is 0.426. The standard InChI is InChI=1S/C11H10F3N5O2/c12-11(13,14)7-18(6-9(20)21)10-15-16-17-19(10)8-4-2-1-3-5-8/h1-5H,6-7H2,(H,20,21). The van der Waals surface area contributed by atoms with Crippen LogP contribution in [0.3, 0.4) is 0 Å². The molecule has 0 radical (unpaired) electrons. The minimum absolute atomic E-state index is 0.291. The Morgan fingerprint density at radius 2 is 1.95 bits per heavy atom. The van der Waals surface area contributed by atoms with Crippen molar-refractivity contribution in [3.8, 4) is 5.69 Å². The van der Waals surface area contributed by atoms with Crippen LogP contribution < -0.4 is 4.90 Å². The molecule has 0 saturated heterocycles. The number of aliphatic carboxylic acids is 1. The summed E-state index contributed by atoms with van der Waals surface area (Å²) in [6.45, 7) is -2.33. The van der Waals surface area contributed by atoms with Crippen LogP contribution in [-0.4, -0.2) is 50.5 Å². The van der Waals surface area contributed by atoms with Gasteiger partial charge in [0.1, 0.15) is 13.1 Å². The first-order valence-corrected chi connectivity index (χ1v) is 5.74. The van der Waals surface area contributed by atoms with Crippen LogP contribution in [0, 0.1) is 0 Å². The maximum atomic E-state index is 12.6. The van der Waals surface area contributed by atoms with E-state index < -0.39 is 25.2 Å². The third-order valence-electron chi connectivity index (χ3n) is 2.43. The van der Waals surface area contributed by atoms with Gasteiger partial charge in [-0.3, -0.25) is 4.79 Å². The summed E-state index contributed by atoms with van der Waals surface area (Å²) in [7, 11) is 0. The van der Waals surface area contributed by atoms with Gasteiger partial charge >= 0.3 is 12.1 Å². The topological polar surface area (TPSA) is 84.1 Å². The molecule has 1 heterocycles. The van der Waals surface area contributed by atoms with Gasteiger partial charge < -0.3 is 10.0 Å². The van der Waals surface area contributed by atoms with Gasteiger partial charge in [0.25, 0.3) is 5.95 Å². The molecule has 0 aliphatic carbocycles. The number of rotatable bonds is 5. The van der Waals surface area contributed by atoms with Crippen LogP contribution >= 0.6 is 0 Å². The quantitative estimate of drug-likeness (QED) is 0.890. The molecule has 7 nitrogen and oxygen atoms in total. The van der Waals surface area contributed by atoms with Crippen molar-refractivity contribution in [3.63, 3.8) is 0 Å². The van der Waals surface area contributed by atoms with Crippen molar-refractivity contribution in [2.75, 3.05) is 18.0 Å². The zero-order chi connectivity index (χ0) is 15.5. The molecule has 0 spiro atoms. The van der Waals surface area contributed by atoms with Crippen molar-refractivity contribution in [1.82, 2.24) is 20.2 Å². The van der Waals surface area contributed by atoms with Gasteiger partial charge in [-0.25, -0.2) is 0 Å². The second-order valence-corrected chi connectivity index (χ2v) is 4.09. The van der Waals surface area contributed by atoms with Crippen LogP contribution in [0.25, 0.3) is 5.69 Å². The zero-order valence-electron chi connectivity index (χ0n) is 10.5. The van der Waals surface area contributed by atoms with Crippen molar-refractivity contribution in [2.45, 2.75) is 6.18 Å². The highest BCUT2D eigenvalue weighted by atomic mass is 19.4. The number of carboxylic acid groups (broad SMARTS) is 1. The van der Waals surface area contributed by atoms with E-state index in [1.807, 2.05) is 0 Å². The zero-order valence-corrected chi connectivity index (χ0v) is 10.5. The van der Waals surface area contributed by atoms with Crippen LogP contribution in [0.5, 0.6) is 0 Å². The first-order chi connectivity index (χ1) is 9.87. The highest BCUT2D eigenvalue weighted by Gasteiger charge is 2.34. The summed E-state index contributed by atoms with van der Waals surface area (Å²) in [5, 5.41) is 19.2. The number of aromatic nitrogens is 4. The van der Waals surface area contributed by atoms with E-state index in [1.165, 1.54) is 0 Å². The van der Waals surface area contributed by atoms with Crippen LogP contribution in [0.4, 0.5) is 19.1 Å². The maximum absolute atomic E-state index is 12.6. The van der Waals surface area contributed by atoms with Crippen molar-refractivity contribution in [2.24, 2.45) is 0 Å². The molecule has 0 bridgehead atoms. The fourth-order valence-corrected chi connectivity index (χ4v) is 1.69. The average Bonchev–Trinajstić information content (AvgIpc) is 2.86. The first-order valence-electron chi connectivity index (χ1n) is 5.74. The number of anilines is 1. The summed E-state index contributed by atoms with van der Waals surface area (Å²) in [6, 6.07) is 8.22. The molecule has 1 N–H and O–H groups in total. The lowest BCUT2D eigenvalue weighted by molar-refractivity contribution is -0.136. The third kappa shape index (κ3) is 3.91. The summed E-state index contributed by atoms with van der Waals surface area (Å²) in [5.74, 6) is -1.71. The number of carbonyl (C=O) groups is 1. The number of para-hydroxylation sites is 1. The molecule has 0 amide bonds. The predicted molar refractivity (Wildman–Crippen MR) is 65.1 cm³/mol. The maximum Gasteiger partial charge on any atom is 0.406 e. The van der Waals surface area contributed by atoms with E-state index in [9.17, 15) is 18.0 Å². The second kappa shape index (κ2) is 5.77. The normalized spacial score (nSPS) is 11.4. The Kier molecular flexibility index (Phi) is 4.05. The Hall–Kier alpha value is -2.65. The number of nitrogens with zero attached hydrogens (tertiary/aromatic N) is 5. The van der Waals surface area contributed by atoms with E-state index >= 15 is 0 Å². The molecule has 112 valence electrons. The van der Waals surface area contributed by atoms with Gasteiger partial charge in [-0.15, -0.1) is 0 Å². The highest BCUT2D eigenvalue weighted by molar-refractivity contribution is 5.72. The van der Waals surface area contributed by atoms with Gasteiger partial charge in [-0.1, -0.05) is 23.3 Å². The molecule has 0 unspecified atom stereocenters. The fraction of sp³-hybridized carbons (Fsp3) is 0.273. The lowest BCUT2D eigenvalue weighted by Crippen LogP contribution is -2.39. The molecular formula is C11H10F3N5O2. The molecule has 2 rings (SSSR count). The van der Waals surface area contributed by atoms with Crippen molar-refractivity contribution < 1.29 is 23.1 Å². The van der Waals surface area contributed by atoms with Gasteiger partial charge in [0.05, 0.1) is 5.69 Å². The number of tetrazole rings is 1. The smallest absolute Gasteiger partial charge is 0.406 e. The summed E-state index contributed by atoms with van der Waals surface area (Å²) in [6.07, 6.45) is -4.58. The molecule has 21 heavy (non-hydrogen) atoms. The molecule has 1 aromatic heterocycles. The van der Waals surface area contributed by atoms with Gasteiger partial charge in [0.15, 0.2) is 0 Å². The van der Waals surface area contributed by atoms with Gasteiger partial charge in [0, 0.05) is 0 Å². The summed E-state index contributed by atoms with van der Waals surface area (Å²) >= 11 is 0. The van der Waals surface area contributed by atoms with Crippen LogP contribution in [0.2, 0.25) is 0 Å². The molecule has 0 aliphatic heterocycles. The SMILES string of the molecule is O=C(O)CN(CC(F)(F)F)c1nnnn1-c1ccccc1. The molecule has 0 fully saturated rings. The number of alkyl halides is 3. The molecular weight excluding hydrogens is 291 g/mol. The second-order valence-electron chi connectivity index (χ2n) is 4.09. The van der Waals surface area contributed by atoms with Crippen molar-refractivity contribution >= 4 is 11.9 Å². The highest BCUT2D eigenvalue weighted by Crippen LogP contribution is 2.21. The predicted octanol–water partition coefficient (Wildman–Crippen LogP) is 1.12. The molecule has 0 atom stereocenters. The van der Waals surface area contributed by atoms with Crippen molar-refractivity contribution in [3.05, 3.63) is 30.3 Å². The molecule has 10 heteroatoms. The lowest BCUT2D eigenvalue weighted by atomic mass is 10.3. The molecule has 2 aromatic rings. The Bertz CT molecular complexity index is 614. The average molecular weight is 301 g/mol. The van der Waals surface area contributed by atoms with E-state index in [4.69, 9.17) is 5.11 Å². The first kappa shape index (κ1) is 14.8. The van der Waals surface area contributed by atoms with E-state index in [2.05, 4.69) is 15.5 Å². The van der Waals surface area contributed by atoms with E-state index in [0.717, 1.165) is 4.68 Å². The molecule has 0 saturated carbocycles. The number of hydrogen-bond donors (Lipinski definition) is 1. The van der Waals surface area contributed by atoms with Crippen molar-refractivity contribution in [1.29, 1.82) is 0 Å². The Labute approximate surface area is 116 Å². The largest absolute Gasteiger partial charge is 0.480 e. The Morgan fingerprint density at radius 3 is 2.52 bits per heavy atom. The fourth-order valence-electron chi connectivity index (χ4n) is 1.69. The van der Waals surface area contributed by atoms with Gasteiger partial charge in [-0.05, 0) is 22.6 Å². The molecule has 1 aromatic carbocycles.